The third-order valence-electron chi connectivity index (χ3n) is 4.13. The summed E-state index contributed by atoms with van der Waals surface area (Å²) in [7, 11) is 0. The molecular weight excluding hydrogens is 342 g/mol. The number of hydrogen-bond donors (Lipinski definition) is 3. The smallest absolute Gasteiger partial charge is 0.248 e. The average Bonchev–Trinajstić information content (AvgIpc) is 2.67. The first-order valence-corrected chi connectivity index (χ1v) is 8.46. The van der Waals surface area contributed by atoms with E-state index in [0.29, 0.717) is 11.3 Å². The van der Waals surface area contributed by atoms with Gasteiger partial charge in [0.05, 0.1) is 13.0 Å². The average molecular weight is 361 g/mol. The predicted molar refractivity (Wildman–Crippen MR) is 104 cm³/mol. The molecule has 3 rings (SSSR count). The molecule has 6 nitrogen and oxygen atoms in total. The van der Waals surface area contributed by atoms with Crippen LogP contribution in [0.2, 0.25) is 0 Å². The number of carbonyl (C=O) groups excluding carboxylic acids is 3. The summed E-state index contributed by atoms with van der Waals surface area (Å²) in [6.07, 6.45) is 0.196. The summed E-state index contributed by atoms with van der Waals surface area (Å²) in [5.74, 6) is -1.12. The molecule has 0 saturated heterocycles. The van der Waals surface area contributed by atoms with Gasteiger partial charge in [0.2, 0.25) is 17.7 Å². The number of hydrogen-bond acceptors (Lipinski definition) is 3. The molecule has 0 fully saturated rings. The molecule has 0 aliphatic carbocycles. The zero-order chi connectivity index (χ0) is 19.2. The van der Waals surface area contributed by atoms with Crippen molar-refractivity contribution in [1.29, 1.82) is 0 Å². The molecule has 0 aliphatic heterocycles. The molecule has 0 atom stereocenters. The van der Waals surface area contributed by atoms with E-state index in [0.717, 1.165) is 16.3 Å². The first kappa shape index (κ1) is 18.1. The fourth-order valence-corrected chi connectivity index (χ4v) is 2.78. The van der Waals surface area contributed by atoms with Crippen molar-refractivity contribution in [2.45, 2.75) is 6.42 Å². The quantitative estimate of drug-likeness (QED) is 0.627. The largest absolute Gasteiger partial charge is 0.366 e. The van der Waals surface area contributed by atoms with E-state index < -0.39 is 5.91 Å². The third kappa shape index (κ3) is 4.70. The van der Waals surface area contributed by atoms with Crippen molar-refractivity contribution in [3.63, 3.8) is 0 Å². The van der Waals surface area contributed by atoms with Crippen molar-refractivity contribution in [2.24, 2.45) is 5.73 Å². The molecule has 0 radical (unpaired) electrons. The summed E-state index contributed by atoms with van der Waals surface area (Å²) in [6, 6.07) is 19.9. The van der Waals surface area contributed by atoms with Gasteiger partial charge in [0.15, 0.2) is 0 Å². The van der Waals surface area contributed by atoms with Gasteiger partial charge in [-0.1, -0.05) is 42.5 Å². The van der Waals surface area contributed by atoms with E-state index in [1.54, 1.807) is 12.1 Å². The molecule has 0 bridgehead atoms. The van der Waals surface area contributed by atoms with Crippen molar-refractivity contribution in [2.75, 3.05) is 11.9 Å². The number of nitrogens with two attached hydrogens (primary N) is 1. The zero-order valence-electron chi connectivity index (χ0n) is 14.6. The summed E-state index contributed by atoms with van der Waals surface area (Å²) >= 11 is 0. The molecule has 27 heavy (non-hydrogen) atoms. The van der Waals surface area contributed by atoms with Gasteiger partial charge in [-0.25, -0.2) is 0 Å². The lowest BCUT2D eigenvalue weighted by Gasteiger charge is -2.09. The van der Waals surface area contributed by atoms with Crippen LogP contribution in [-0.2, 0) is 16.0 Å². The van der Waals surface area contributed by atoms with Crippen LogP contribution in [0.3, 0.4) is 0 Å². The van der Waals surface area contributed by atoms with Gasteiger partial charge < -0.3 is 16.4 Å². The van der Waals surface area contributed by atoms with Crippen molar-refractivity contribution < 1.29 is 14.4 Å². The van der Waals surface area contributed by atoms with Gasteiger partial charge in [0, 0.05) is 11.3 Å². The molecule has 0 aromatic heterocycles. The number of amides is 3. The molecule has 3 aromatic rings. The van der Waals surface area contributed by atoms with E-state index in [9.17, 15) is 14.4 Å². The summed E-state index contributed by atoms with van der Waals surface area (Å²) in [5, 5.41) is 7.36. The SMILES string of the molecule is NC(=O)c1ccc(NC(=O)CNC(=O)Cc2cccc3ccccc23)cc1. The molecule has 136 valence electrons. The van der Waals surface area contributed by atoms with Gasteiger partial charge in [0.25, 0.3) is 0 Å². The predicted octanol–water partition coefficient (Wildman–Crippen LogP) is 2.24. The first-order valence-electron chi connectivity index (χ1n) is 8.46. The lowest BCUT2D eigenvalue weighted by atomic mass is 10.0. The van der Waals surface area contributed by atoms with Crippen LogP contribution in [-0.4, -0.2) is 24.3 Å². The zero-order valence-corrected chi connectivity index (χ0v) is 14.6. The topological polar surface area (TPSA) is 101 Å². The minimum Gasteiger partial charge on any atom is -0.366 e. The van der Waals surface area contributed by atoms with E-state index in [1.807, 2.05) is 42.5 Å². The Hall–Kier alpha value is -3.67. The first-order chi connectivity index (χ1) is 13.0. The number of benzene rings is 3. The molecule has 3 amide bonds. The Kier molecular flexibility index (Phi) is 5.47. The van der Waals surface area contributed by atoms with Gasteiger partial charge in [-0.2, -0.15) is 0 Å². The number of carbonyl (C=O) groups is 3. The second-order valence-corrected chi connectivity index (χ2v) is 6.08. The fourth-order valence-electron chi connectivity index (χ4n) is 2.78. The number of nitrogens with one attached hydrogen (secondary N) is 2. The van der Waals surface area contributed by atoms with Crippen molar-refractivity contribution in [1.82, 2.24) is 5.32 Å². The van der Waals surface area contributed by atoms with Gasteiger partial charge in [-0.3, -0.25) is 14.4 Å². The highest BCUT2D eigenvalue weighted by atomic mass is 16.2. The van der Waals surface area contributed by atoms with E-state index in [-0.39, 0.29) is 24.8 Å². The van der Waals surface area contributed by atoms with Crippen molar-refractivity contribution >= 4 is 34.2 Å². The summed E-state index contributed by atoms with van der Waals surface area (Å²) in [6.45, 7) is -0.138. The number of rotatable bonds is 6. The maximum atomic E-state index is 12.2. The Labute approximate surface area is 156 Å². The van der Waals surface area contributed by atoms with Crippen LogP contribution in [0, 0.1) is 0 Å². The Bertz CT molecular complexity index is 992. The number of fused-ring (bicyclic) bond motifs is 1. The van der Waals surface area contributed by atoms with E-state index in [1.165, 1.54) is 12.1 Å². The normalized spacial score (nSPS) is 10.4. The van der Waals surface area contributed by atoms with Crippen LogP contribution in [0.4, 0.5) is 5.69 Å². The molecule has 6 heteroatoms. The highest BCUT2D eigenvalue weighted by molar-refractivity contribution is 5.97. The molecule has 0 aliphatic rings. The molecule has 0 spiro atoms. The number of primary amides is 1. The van der Waals surface area contributed by atoms with E-state index >= 15 is 0 Å². The minimum atomic E-state index is -0.534. The molecule has 4 N–H and O–H groups in total. The summed E-state index contributed by atoms with van der Waals surface area (Å²) < 4.78 is 0. The Morgan fingerprint density at radius 2 is 1.52 bits per heavy atom. The Morgan fingerprint density at radius 1 is 0.815 bits per heavy atom. The van der Waals surface area contributed by atoms with Gasteiger partial charge >= 0.3 is 0 Å². The van der Waals surface area contributed by atoms with Gasteiger partial charge in [-0.05, 0) is 40.6 Å². The van der Waals surface area contributed by atoms with Crippen LogP contribution in [0.1, 0.15) is 15.9 Å². The molecule has 0 saturated carbocycles. The van der Waals surface area contributed by atoms with Crippen LogP contribution >= 0.6 is 0 Å². The molecule has 0 heterocycles. The maximum absolute atomic E-state index is 12.2. The van der Waals surface area contributed by atoms with E-state index in [4.69, 9.17) is 5.73 Å². The Balaban J connectivity index is 1.54. The van der Waals surface area contributed by atoms with Crippen LogP contribution in [0.5, 0.6) is 0 Å². The highest BCUT2D eigenvalue weighted by Crippen LogP contribution is 2.18. The third-order valence-corrected chi connectivity index (χ3v) is 4.13. The van der Waals surface area contributed by atoms with Crippen molar-refractivity contribution in [3.05, 3.63) is 77.9 Å². The molecule has 3 aromatic carbocycles. The van der Waals surface area contributed by atoms with Gasteiger partial charge in [-0.15, -0.1) is 0 Å². The molecular formula is C21H19N3O3. The summed E-state index contributed by atoms with van der Waals surface area (Å²) in [4.78, 5) is 35.2. The standard InChI is InChI=1S/C21H19N3O3/c22-21(27)15-8-10-17(11-9-15)24-20(26)13-23-19(25)12-16-6-3-5-14-4-1-2-7-18(14)16/h1-11H,12-13H2,(H2,22,27)(H,23,25)(H,24,26). The summed E-state index contributed by atoms with van der Waals surface area (Å²) in [5.41, 5.74) is 6.96. The lowest BCUT2D eigenvalue weighted by molar-refractivity contribution is -0.123. The van der Waals surface area contributed by atoms with Crippen LogP contribution < -0.4 is 16.4 Å². The van der Waals surface area contributed by atoms with Crippen LogP contribution in [0.15, 0.2) is 66.7 Å². The highest BCUT2D eigenvalue weighted by Gasteiger charge is 2.09. The monoisotopic (exact) mass is 361 g/mol. The minimum absolute atomic E-state index is 0.138. The Morgan fingerprint density at radius 3 is 2.26 bits per heavy atom. The second kappa shape index (κ2) is 8.14. The van der Waals surface area contributed by atoms with Gasteiger partial charge in [0.1, 0.15) is 0 Å². The maximum Gasteiger partial charge on any atom is 0.248 e. The van der Waals surface area contributed by atoms with Crippen LogP contribution in [0.25, 0.3) is 10.8 Å². The number of anilines is 1. The molecule has 0 unspecified atom stereocenters. The second-order valence-electron chi connectivity index (χ2n) is 6.08. The lowest BCUT2D eigenvalue weighted by Crippen LogP contribution is -2.33. The fraction of sp³-hybridized carbons (Fsp3) is 0.0952. The van der Waals surface area contributed by atoms with E-state index in [2.05, 4.69) is 10.6 Å². The van der Waals surface area contributed by atoms with Crippen molar-refractivity contribution in [3.8, 4) is 0 Å².